The molecule has 0 aliphatic carbocycles. The van der Waals surface area contributed by atoms with Gasteiger partial charge in [0.25, 0.3) is 0 Å². The van der Waals surface area contributed by atoms with Crippen molar-refractivity contribution in [2.75, 3.05) is 11.9 Å². The van der Waals surface area contributed by atoms with Gasteiger partial charge in [0.15, 0.2) is 0 Å². The van der Waals surface area contributed by atoms with E-state index in [1.807, 2.05) is 35.9 Å². The molecule has 6 heteroatoms. The fourth-order valence-corrected chi connectivity index (χ4v) is 3.26. The first-order valence-electron chi connectivity index (χ1n) is 8.39. The number of hydrogen-bond donors (Lipinski definition) is 1. The number of nitrogens with one attached hydrogen (secondary N) is 1. The van der Waals surface area contributed by atoms with Gasteiger partial charge in [-0.25, -0.2) is 9.07 Å². The van der Waals surface area contributed by atoms with E-state index >= 15 is 0 Å². The van der Waals surface area contributed by atoms with E-state index in [4.69, 9.17) is 4.74 Å². The van der Waals surface area contributed by atoms with Crippen molar-refractivity contribution in [1.29, 1.82) is 0 Å². The van der Waals surface area contributed by atoms with Crippen LogP contribution >= 0.6 is 0 Å². The van der Waals surface area contributed by atoms with Gasteiger partial charge in [-0.05, 0) is 48.7 Å². The van der Waals surface area contributed by atoms with Crippen LogP contribution in [-0.4, -0.2) is 21.4 Å². The highest BCUT2D eigenvalue weighted by molar-refractivity contribution is 5.39. The molecule has 0 saturated heterocycles. The summed E-state index contributed by atoms with van der Waals surface area (Å²) in [7, 11) is 0. The topological polar surface area (TPSA) is 52.0 Å². The second-order valence-electron chi connectivity index (χ2n) is 6.03. The first-order chi connectivity index (χ1) is 12.2. The molecule has 0 amide bonds. The largest absolute Gasteiger partial charge is 0.494 e. The maximum atomic E-state index is 13.2. The monoisotopic (exact) mass is 338 g/mol. The summed E-state index contributed by atoms with van der Waals surface area (Å²) in [5, 5.41) is 7.75. The Morgan fingerprint density at radius 2 is 1.84 bits per heavy atom. The summed E-state index contributed by atoms with van der Waals surface area (Å²) in [6.45, 7) is 2.61. The van der Waals surface area contributed by atoms with Crippen LogP contribution in [0.5, 0.6) is 5.75 Å². The number of hydrogen-bond acceptors (Lipinski definition) is 4. The zero-order valence-corrected chi connectivity index (χ0v) is 13.9. The number of benzene rings is 2. The fraction of sp³-hybridized carbons (Fsp3) is 0.263. The molecule has 1 N–H and O–H groups in total. The van der Waals surface area contributed by atoms with Crippen LogP contribution in [-0.2, 0) is 0 Å². The van der Waals surface area contributed by atoms with E-state index in [0.29, 0.717) is 6.61 Å². The summed E-state index contributed by atoms with van der Waals surface area (Å²) in [6, 6.07) is 14.8. The smallest absolute Gasteiger partial charge is 0.222 e. The molecule has 128 valence electrons. The molecule has 25 heavy (non-hydrogen) atoms. The Balaban J connectivity index is 1.65. The Labute approximate surface area is 145 Å². The second kappa shape index (κ2) is 6.55. The van der Waals surface area contributed by atoms with Crippen LogP contribution in [0, 0.1) is 5.82 Å². The average Bonchev–Trinajstić information content (AvgIpc) is 3.11. The van der Waals surface area contributed by atoms with Crippen molar-refractivity contribution < 1.29 is 9.13 Å². The van der Waals surface area contributed by atoms with E-state index in [2.05, 4.69) is 27.5 Å². The van der Waals surface area contributed by atoms with Gasteiger partial charge in [0.05, 0.1) is 18.7 Å². The van der Waals surface area contributed by atoms with E-state index in [1.54, 1.807) is 6.33 Å². The second-order valence-corrected chi connectivity index (χ2v) is 6.03. The summed E-state index contributed by atoms with van der Waals surface area (Å²) in [5.74, 6) is 1.35. The molecule has 3 aromatic rings. The molecule has 0 bridgehead atoms. The van der Waals surface area contributed by atoms with Gasteiger partial charge in [-0.1, -0.05) is 24.3 Å². The number of rotatable bonds is 4. The van der Waals surface area contributed by atoms with Gasteiger partial charge in [-0.3, -0.25) is 0 Å². The molecular formula is C19H19FN4O. The van der Waals surface area contributed by atoms with Crippen molar-refractivity contribution in [2.24, 2.45) is 0 Å². The molecule has 2 aromatic carbocycles. The Hall–Kier alpha value is -2.89. The van der Waals surface area contributed by atoms with Gasteiger partial charge in [-0.2, -0.15) is 10.1 Å². The predicted octanol–water partition coefficient (Wildman–Crippen LogP) is 3.96. The van der Waals surface area contributed by atoms with Crippen LogP contribution in [0.15, 0.2) is 54.9 Å². The standard InChI is InChI=1S/C19H19FN4O/c1-2-25-16-9-5-14(6-10-16)18-11-17(13-3-7-15(20)8-4-13)23-19-21-12-22-24(18)19/h3-10,12,17-18H,2,11H2,1H3,(H,21,22,23)/t17-,18+/m0/s1. The highest BCUT2D eigenvalue weighted by atomic mass is 19.1. The van der Waals surface area contributed by atoms with Crippen LogP contribution in [0.1, 0.15) is 36.6 Å². The maximum Gasteiger partial charge on any atom is 0.222 e. The molecule has 2 heterocycles. The highest BCUT2D eigenvalue weighted by Crippen LogP contribution is 2.37. The van der Waals surface area contributed by atoms with Crippen LogP contribution in [0.2, 0.25) is 0 Å². The number of nitrogens with zero attached hydrogens (tertiary/aromatic N) is 3. The zero-order valence-electron chi connectivity index (χ0n) is 13.9. The minimum Gasteiger partial charge on any atom is -0.494 e. The van der Waals surface area contributed by atoms with Gasteiger partial charge in [-0.15, -0.1) is 0 Å². The summed E-state index contributed by atoms with van der Waals surface area (Å²) >= 11 is 0. The van der Waals surface area contributed by atoms with Crippen molar-refractivity contribution in [2.45, 2.75) is 25.4 Å². The third-order valence-electron chi connectivity index (χ3n) is 4.48. The Morgan fingerprint density at radius 1 is 1.12 bits per heavy atom. The Kier molecular flexibility index (Phi) is 4.09. The summed E-state index contributed by atoms with van der Waals surface area (Å²) in [4.78, 5) is 4.31. The molecule has 2 atom stereocenters. The lowest BCUT2D eigenvalue weighted by atomic mass is 9.93. The number of ether oxygens (including phenoxy) is 1. The lowest BCUT2D eigenvalue weighted by Crippen LogP contribution is -2.28. The van der Waals surface area contributed by atoms with E-state index in [-0.39, 0.29) is 17.9 Å². The molecular weight excluding hydrogens is 319 g/mol. The van der Waals surface area contributed by atoms with Crippen LogP contribution < -0.4 is 10.1 Å². The number of aromatic nitrogens is 3. The lowest BCUT2D eigenvalue weighted by Gasteiger charge is -2.31. The van der Waals surface area contributed by atoms with Crippen LogP contribution in [0.3, 0.4) is 0 Å². The molecule has 0 unspecified atom stereocenters. The first kappa shape index (κ1) is 15.6. The maximum absolute atomic E-state index is 13.2. The molecule has 0 fully saturated rings. The molecule has 0 saturated carbocycles. The normalized spacial score (nSPS) is 19.1. The number of fused-ring (bicyclic) bond motifs is 1. The van der Waals surface area contributed by atoms with Crippen LogP contribution in [0.25, 0.3) is 0 Å². The van der Waals surface area contributed by atoms with Gasteiger partial charge in [0, 0.05) is 0 Å². The average molecular weight is 338 g/mol. The molecule has 4 rings (SSSR count). The summed E-state index contributed by atoms with van der Waals surface area (Å²) < 4.78 is 20.6. The van der Waals surface area contributed by atoms with Crippen molar-refractivity contribution in [3.8, 4) is 5.75 Å². The third kappa shape index (κ3) is 3.07. The highest BCUT2D eigenvalue weighted by Gasteiger charge is 2.29. The molecule has 0 spiro atoms. The van der Waals surface area contributed by atoms with E-state index < -0.39 is 0 Å². The third-order valence-corrected chi connectivity index (χ3v) is 4.48. The van der Waals surface area contributed by atoms with Gasteiger partial charge >= 0.3 is 0 Å². The van der Waals surface area contributed by atoms with Crippen molar-refractivity contribution in [1.82, 2.24) is 14.8 Å². The minimum absolute atomic E-state index is 0.0499. The van der Waals surface area contributed by atoms with Crippen molar-refractivity contribution >= 4 is 5.95 Å². The fourth-order valence-electron chi connectivity index (χ4n) is 3.26. The molecule has 0 radical (unpaired) electrons. The molecule has 1 aliphatic heterocycles. The Morgan fingerprint density at radius 3 is 2.56 bits per heavy atom. The number of anilines is 1. The van der Waals surface area contributed by atoms with Gasteiger partial charge in [0.1, 0.15) is 17.9 Å². The first-order valence-corrected chi connectivity index (χ1v) is 8.39. The Bertz CT molecular complexity index is 845. The van der Waals surface area contributed by atoms with E-state index in [0.717, 1.165) is 29.2 Å². The van der Waals surface area contributed by atoms with Gasteiger partial charge in [0.2, 0.25) is 5.95 Å². The van der Waals surface area contributed by atoms with Crippen molar-refractivity contribution in [3.05, 3.63) is 71.8 Å². The molecule has 1 aliphatic rings. The predicted molar refractivity (Wildman–Crippen MR) is 93.2 cm³/mol. The zero-order chi connectivity index (χ0) is 17.2. The molecule has 5 nitrogen and oxygen atoms in total. The van der Waals surface area contributed by atoms with Gasteiger partial charge < -0.3 is 10.1 Å². The summed E-state index contributed by atoms with van der Waals surface area (Å²) in [5.41, 5.74) is 2.18. The summed E-state index contributed by atoms with van der Waals surface area (Å²) in [6.07, 6.45) is 2.35. The van der Waals surface area contributed by atoms with E-state index in [1.165, 1.54) is 12.1 Å². The van der Waals surface area contributed by atoms with Crippen LogP contribution in [0.4, 0.5) is 10.3 Å². The van der Waals surface area contributed by atoms with Crippen molar-refractivity contribution in [3.63, 3.8) is 0 Å². The lowest BCUT2D eigenvalue weighted by molar-refractivity contribution is 0.340. The quantitative estimate of drug-likeness (QED) is 0.782. The number of halogens is 1. The van der Waals surface area contributed by atoms with E-state index in [9.17, 15) is 4.39 Å². The minimum atomic E-state index is -0.231. The molecule has 1 aromatic heterocycles. The SMILES string of the molecule is CCOc1ccc([C@H]2C[C@@H](c3ccc(F)cc3)Nc3ncnn32)cc1.